The molecule has 0 bridgehead atoms. The number of hydrogen-bond donors (Lipinski definition) is 2. The molecule has 138 valence electrons. The fraction of sp³-hybridized carbons (Fsp3) is 0.150. The van der Waals surface area contributed by atoms with E-state index in [1.807, 2.05) is 0 Å². The van der Waals surface area contributed by atoms with Crippen LogP contribution in [0.3, 0.4) is 0 Å². The summed E-state index contributed by atoms with van der Waals surface area (Å²) in [5.41, 5.74) is 1.82. The molecule has 0 spiro atoms. The molecule has 3 aromatic rings. The lowest BCUT2D eigenvalue weighted by molar-refractivity contribution is 0.512. The van der Waals surface area contributed by atoms with Crippen LogP contribution in [-0.2, 0) is 0 Å². The van der Waals surface area contributed by atoms with Gasteiger partial charge < -0.3 is 10.0 Å². The van der Waals surface area contributed by atoms with Gasteiger partial charge in [0.15, 0.2) is 11.6 Å². The zero-order valence-electron chi connectivity index (χ0n) is 14.2. The Kier molecular flexibility index (Phi) is 4.94. The number of halogens is 3. The Hall–Kier alpha value is -2.67. The van der Waals surface area contributed by atoms with Crippen LogP contribution in [0.25, 0.3) is 11.1 Å². The quantitative estimate of drug-likeness (QED) is 0.499. The molecule has 0 radical (unpaired) electrons. The predicted molar refractivity (Wildman–Crippen MR) is 104 cm³/mol. The Bertz CT molecular complexity index is 962. The van der Waals surface area contributed by atoms with Crippen molar-refractivity contribution in [2.45, 2.75) is 18.1 Å². The third kappa shape index (κ3) is 4.03. The number of nitrogens with zero attached hydrogens (tertiary/aromatic N) is 1. The van der Waals surface area contributed by atoms with E-state index in [9.17, 15) is 13.2 Å². The number of rotatable bonds is 6. The van der Waals surface area contributed by atoms with Crippen LogP contribution in [-0.4, -0.2) is 10.2 Å². The standard InChI is InChI=1S/C20H16F3N3S/c21-15-4-6-18(26-27-14-2-3-14)20(19(15)23)25-17-5-1-13(11-16(17)22)12-7-9-24-10-8-12/h1,4-11,14,25-26H,2-3H2. The first-order chi connectivity index (χ1) is 13.1. The number of aromatic nitrogens is 1. The van der Waals surface area contributed by atoms with Crippen molar-refractivity contribution in [1.82, 2.24) is 4.98 Å². The van der Waals surface area contributed by atoms with E-state index < -0.39 is 17.5 Å². The fourth-order valence-corrected chi connectivity index (χ4v) is 3.40. The van der Waals surface area contributed by atoms with Crippen LogP contribution in [0.15, 0.2) is 54.9 Å². The van der Waals surface area contributed by atoms with Crippen molar-refractivity contribution in [3.8, 4) is 11.1 Å². The van der Waals surface area contributed by atoms with Gasteiger partial charge in [-0.15, -0.1) is 0 Å². The van der Waals surface area contributed by atoms with E-state index in [2.05, 4.69) is 15.0 Å². The second-order valence-electron chi connectivity index (χ2n) is 6.26. The van der Waals surface area contributed by atoms with Crippen LogP contribution in [0.5, 0.6) is 0 Å². The lowest BCUT2D eigenvalue weighted by atomic mass is 10.1. The van der Waals surface area contributed by atoms with E-state index in [0.717, 1.165) is 24.5 Å². The number of nitrogens with one attached hydrogen (secondary N) is 2. The zero-order chi connectivity index (χ0) is 18.8. The van der Waals surface area contributed by atoms with Crippen LogP contribution in [0.1, 0.15) is 12.8 Å². The predicted octanol–water partition coefficient (Wildman–Crippen LogP) is 6.13. The number of anilines is 3. The van der Waals surface area contributed by atoms with Crippen molar-refractivity contribution in [2.75, 3.05) is 10.0 Å². The molecule has 2 N–H and O–H groups in total. The molecule has 0 unspecified atom stereocenters. The molecule has 3 nitrogen and oxygen atoms in total. The molecule has 1 aliphatic carbocycles. The maximum Gasteiger partial charge on any atom is 0.184 e. The molecule has 7 heteroatoms. The van der Waals surface area contributed by atoms with E-state index in [-0.39, 0.29) is 11.4 Å². The van der Waals surface area contributed by atoms with Crippen LogP contribution in [0.2, 0.25) is 0 Å². The lowest BCUT2D eigenvalue weighted by Gasteiger charge is -2.15. The third-order valence-electron chi connectivity index (χ3n) is 4.20. The highest BCUT2D eigenvalue weighted by Crippen LogP contribution is 2.38. The molecular formula is C20H16F3N3S. The molecule has 4 rings (SSSR count). The summed E-state index contributed by atoms with van der Waals surface area (Å²) in [4.78, 5) is 3.94. The molecule has 0 aliphatic heterocycles. The first-order valence-corrected chi connectivity index (χ1v) is 9.36. The number of pyridine rings is 1. The minimum absolute atomic E-state index is 0.0665. The highest BCUT2D eigenvalue weighted by molar-refractivity contribution is 8.01. The van der Waals surface area contributed by atoms with Gasteiger partial charge in [-0.3, -0.25) is 4.98 Å². The summed E-state index contributed by atoms with van der Waals surface area (Å²) in [6.07, 6.45) is 5.43. The molecule has 1 fully saturated rings. The van der Waals surface area contributed by atoms with Gasteiger partial charge in [0.25, 0.3) is 0 Å². The molecule has 0 saturated heterocycles. The second kappa shape index (κ2) is 7.52. The molecule has 1 aromatic heterocycles. The normalized spacial score (nSPS) is 13.4. The topological polar surface area (TPSA) is 37.0 Å². The van der Waals surface area contributed by atoms with E-state index in [1.165, 1.54) is 30.1 Å². The first kappa shape index (κ1) is 17.7. The lowest BCUT2D eigenvalue weighted by Crippen LogP contribution is -2.03. The van der Waals surface area contributed by atoms with Gasteiger partial charge in [-0.1, -0.05) is 6.07 Å². The maximum absolute atomic E-state index is 14.6. The molecule has 27 heavy (non-hydrogen) atoms. The van der Waals surface area contributed by atoms with Crippen molar-refractivity contribution in [1.29, 1.82) is 0 Å². The van der Waals surface area contributed by atoms with E-state index in [4.69, 9.17) is 0 Å². The minimum Gasteiger partial charge on any atom is -0.349 e. The maximum atomic E-state index is 14.6. The largest absolute Gasteiger partial charge is 0.349 e. The average molecular weight is 387 g/mol. The molecule has 1 heterocycles. The van der Waals surface area contributed by atoms with E-state index >= 15 is 0 Å². The molecular weight excluding hydrogens is 371 g/mol. The Morgan fingerprint density at radius 1 is 0.852 bits per heavy atom. The number of hydrogen-bond acceptors (Lipinski definition) is 4. The summed E-state index contributed by atoms with van der Waals surface area (Å²) in [5.74, 6) is -2.60. The van der Waals surface area contributed by atoms with Crippen molar-refractivity contribution in [3.63, 3.8) is 0 Å². The molecule has 1 aliphatic rings. The molecule has 1 saturated carbocycles. The van der Waals surface area contributed by atoms with Crippen LogP contribution < -0.4 is 10.0 Å². The third-order valence-corrected chi connectivity index (χ3v) is 5.34. The Labute approximate surface area is 159 Å². The SMILES string of the molecule is Fc1cc(-c2ccncc2)ccc1Nc1c(NSC2CC2)ccc(F)c1F. The van der Waals surface area contributed by atoms with Crippen molar-refractivity contribution >= 4 is 29.0 Å². The van der Waals surface area contributed by atoms with Gasteiger partial charge in [-0.2, -0.15) is 0 Å². The summed E-state index contributed by atoms with van der Waals surface area (Å²) in [6.45, 7) is 0. The van der Waals surface area contributed by atoms with Crippen LogP contribution in [0.4, 0.5) is 30.2 Å². The van der Waals surface area contributed by atoms with Crippen molar-refractivity contribution < 1.29 is 13.2 Å². The molecule has 2 aromatic carbocycles. The average Bonchev–Trinajstić information content (AvgIpc) is 3.51. The monoisotopic (exact) mass is 387 g/mol. The van der Waals surface area contributed by atoms with Gasteiger partial charge in [0, 0.05) is 17.6 Å². The van der Waals surface area contributed by atoms with Crippen molar-refractivity contribution in [3.05, 3.63) is 72.3 Å². The minimum atomic E-state index is -1.05. The van der Waals surface area contributed by atoms with Crippen molar-refractivity contribution in [2.24, 2.45) is 0 Å². The van der Waals surface area contributed by atoms with Gasteiger partial charge in [0.1, 0.15) is 11.5 Å². The molecule has 0 atom stereocenters. The Morgan fingerprint density at radius 3 is 2.30 bits per heavy atom. The van der Waals surface area contributed by atoms with Gasteiger partial charge in [-0.25, -0.2) is 13.2 Å². The number of benzene rings is 2. The first-order valence-electron chi connectivity index (χ1n) is 8.48. The second-order valence-corrected chi connectivity index (χ2v) is 7.37. The molecule has 0 amide bonds. The highest BCUT2D eigenvalue weighted by atomic mass is 32.2. The van der Waals surface area contributed by atoms with Gasteiger partial charge in [0.05, 0.1) is 11.4 Å². The van der Waals surface area contributed by atoms with E-state index in [0.29, 0.717) is 16.5 Å². The van der Waals surface area contributed by atoms with Crippen LogP contribution >= 0.6 is 11.9 Å². The smallest absolute Gasteiger partial charge is 0.184 e. The van der Waals surface area contributed by atoms with E-state index in [1.54, 1.807) is 30.6 Å². The summed E-state index contributed by atoms with van der Waals surface area (Å²) < 4.78 is 45.7. The Balaban J connectivity index is 1.62. The highest BCUT2D eigenvalue weighted by Gasteiger charge is 2.23. The summed E-state index contributed by atoms with van der Waals surface area (Å²) >= 11 is 1.46. The Morgan fingerprint density at radius 2 is 1.59 bits per heavy atom. The summed E-state index contributed by atoms with van der Waals surface area (Å²) in [5, 5.41) is 3.17. The van der Waals surface area contributed by atoms with Gasteiger partial charge in [0.2, 0.25) is 0 Å². The summed E-state index contributed by atoms with van der Waals surface area (Å²) in [7, 11) is 0. The van der Waals surface area contributed by atoms with Gasteiger partial charge >= 0.3 is 0 Å². The summed E-state index contributed by atoms with van der Waals surface area (Å²) in [6, 6.07) is 10.6. The fourth-order valence-electron chi connectivity index (χ4n) is 2.57. The zero-order valence-corrected chi connectivity index (χ0v) is 15.0. The van der Waals surface area contributed by atoms with Crippen LogP contribution in [0, 0.1) is 17.5 Å². The van der Waals surface area contributed by atoms with Gasteiger partial charge in [-0.05, 0) is 72.3 Å².